The summed E-state index contributed by atoms with van der Waals surface area (Å²) >= 11 is 0. The van der Waals surface area contributed by atoms with Gasteiger partial charge in [0.15, 0.2) is 0 Å². The summed E-state index contributed by atoms with van der Waals surface area (Å²) in [7, 11) is 1.81. The van der Waals surface area contributed by atoms with E-state index < -0.39 is 0 Å². The van der Waals surface area contributed by atoms with Gasteiger partial charge >= 0.3 is 0 Å². The second-order valence-corrected chi connectivity index (χ2v) is 12.3. The van der Waals surface area contributed by atoms with Crippen LogP contribution in [0.1, 0.15) is 83.6 Å². The Morgan fingerprint density at radius 1 is 0.786 bits per heavy atom. The molecule has 1 aliphatic rings. The van der Waals surface area contributed by atoms with Crippen molar-refractivity contribution in [1.29, 1.82) is 0 Å². The van der Waals surface area contributed by atoms with Crippen LogP contribution >= 0.6 is 0 Å². The summed E-state index contributed by atoms with van der Waals surface area (Å²) in [6, 6.07) is 4.39. The monoisotopic (exact) mass is 560 g/mol. The van der Waals surface area contributed by atoms with Gasteiger partial charge in [-0.2, -0.15) is 0 Å². The third-order valence-electron chi connectivity index (χ3n) is 7.97. The van der Waals surface area contributed by atoms with Crippen LogP contribution in [0.25, 0.3) is 6.08 Å². The average Bonchev–Trinajstić information content (AvgIpc) is 2.92. The molecule has 0 saturated heterocycles. The summed E-state index contributed by atoms with van der Waals surface area (Å²) in [6.45, 7) is 21.7. The van der Waals surface area contributed by atoms with E-state index >= 15 is 0 Å². The van der Waals surface area contributed by atoms with Crippen LogP contribution in [0.3, 0.4) is 0 Å². The number of hydrogen-bond donors (Lipinski definition) is 0. The van der Waals surface area contributed by atoms with Crippen LogP contribution in [-0.4, -0.2) is 13.2 Å². The van der Waals surface area contributed by atoms with E-state index in [0.29, 0.717) is 6.10 Å². The van der Waals surface area contributed by atoms with E-state index in [1.807, 2.05) is 0 Å². The second kappa shape index (κ2) is 16.7. The topological polar surface area (TPSA) is 9.23 Å². The third-order valence-corrected chi connectivity index (χ3v) is 7.97. The minimum atomic E-state index is 0.0495. The van der Waals surface area contributed by atoms with Crippen molar-refractivity contribution in [1.82, 2.24) is 0 Å². The van der Waals surface area contributed by atoms with Gasteiger partial charge < -0.3 is 4.74 Å². The van der Waals surface area contributed by atoms with Gasteiger partial charge in [-0.05, 0) is 96.1 Å². The number of methoxy groups -OCH3 is 1. The van der Waals surface area contributed by atoms with Gasteiger partial charge in [-0.1, -0.05) is 133 Å². The molecule has 0 amide bonds. The zero-order valence-corrected chi connectivity index (χ0v) is 28.0. The number of aryl methyl sites for hydroxylation is 1. The molecule has 1 aliphatic carbocycles. The van der Waals surface area contributed by atoms with Gasteiger partial charge in [-0.25, -0.2) is 0 Å². The van der Waals surface area contributed by atoms with Crippen molar-refractivity contribution in [2.24, 2.45) is 5.41 Å². The summed E-state index contributed by atoms with van der Waals surface area (Å²) in [5.41, 5.74) is 12.7. The molecule has 0 spiro atoms. The van der Waals surface area contributed by atoms with E-state index in [1.54, 1.807) is 7.11 Å². The molecule has 1 aromatic rings. The quantitative estimate of drug-likeness (QED) is 0.216. The molecule has 0 aliphatic heterocycles. The smallest absolute Gasteiger partial charge is 0.0617 e. The SMILES string of the molecule is CO[C@H]1CC(C)=C(C#C/C(C)=C/C=C/C(C)=C/C=C/C=C(C)/C=C/C=C(C)/C=C/c2ccc(C)c(C)c2C)C(C)(C)C1. The maximum atomic E-state index is 5.62. The summed E-state index contributed by atoms with van der Waals surface area (Å²) in [4.78, 5) is 0. The lowest BCUT2D eigenvalue weighted by Crippen LogP contribution is -2.29. The minimum absolute atomic E-state index is 0.0495. The first-order chi connectivity index (χ1) is 19.8. The molecule has 0 bridgehead atoms. The summed E-state index contributed by atoms with van der Waals surface area (Å²) < 4.78 is 5.62. The lowest BCUT2D eigenvalue weighted by Gasteiger charge is -2.36. The first-order valence-corrected chi connectivity index (χ1v) is 15.1. The molecule has 0 saturated carbocycles. The Bertz CT molecular complexity index is 1440. The van der Waals surface area contributed by atoms with E-state index in [9.17, 15) is 0 Å². The van der Waals surface area contributed by atoms with E-state index in [4.69, 9.17) is 4.74 Å². The fourth-order valence-electron chi connectivity index (χ4n) is 5.07. The predicted molar refractivity (Wildman–Crippen MR) is 186 cm³/mol. The molecule has 0 radical (unpaired) electrons. The standard InChI is InChI=1S/C41H52O/c1-30(18-14-20-32(3)22-25-38-26-24-34(5)36(7)37(38)8)16-12-13-17-31(2)19-15-21-33(4)23-27-40-35(6)28-39(42-11)29-41(40,9)10/h12-22,24-26,39H,28-29H2,1-11H3/b13-12+,18-14+,19-15+,25-22+,30-16+,31-17+,32-20+,33-21+/t39-/m0/s1. The molecule has 1 aromatic carbocycles. The first-order valence-electron chi connectivity index (χ1n) is 15.1. The van der Waals surface area contributed by atoms with Crippen molar-refractivity contribution in [2.45, 2.75) is 88.2 Å². The van der Waals surface area contributed by atoms with Gasteiger partial charge in [0.05, 0.1) is 6.10 Å². The molecule has 0 unspecified atom stereocenters. The van der Waals surface area contributed by atoms with E-state index in [0.717, 1.165) is 18.4 Å². The Labute approximate surface area is 257 Å². The highest BCUT2D eigenvalue weighted by Gasteiger charge is 2.32. The molecule has 0 aromatic heterocycles. The van der Waals surface area contributed by atoms with Gasteiger partial charge in [0, 0.05) is 18.1 Å². The molecule has 1 nitrogen and oxygen atoms in total. The molecular weight excluding hydrogens is 508 g/mol. The first kappa shape index (κ1) is 34.6. The largest absolute Gasteiger partial charge is 0.381 e. The van der Waals surface area contributed by atoms with Crippen LogP contribution < -0.4 is 0 Å². The van der Waals surface area contributed by atoms with Crippen molar-refractivity contribution in [2.75, 3.05) is 7.11 Å². The molecule has 222 valence electrons. The van der Waals surface area contributed by atoms with Crippen molar-refractivity contribution in [3.63, 3.8) is 0 Å². The second-order valence-electron chi connectivity index (χ2n) is 12.3. The number of allylic oxidation sites excluding steroid dienone is 16. The van der Waals surface area contributed by atoms with Crippen LogP contribution in [0.15, 0.2) is 112 Å². The molecule has 1 atom stereocenters. The fraction of sp³-hybridized carbons (Fsp3) is 0.366. The number of hydrogen-bond acceptors (Lipinski definition) is 1. The van der Waals surface area contributed by atoms with E-state index in [2.05, 4.69) is 166 Å². The molecule has 0 N–H and O–H groups in total. The normalized spacial score (nSPS) is 19.1. The maximum absolute atomic E-state index is 5.62. The lowest BCUT2D eigenvalue weighted by molar-refractivity contribution is 0.0630. The van der Waals surface area contributed by atoms with Gasteiger partial charge in [-0.3, -0.25) is 0 Å². The Morgan fingerprint density at radius 3 is 1.95 bits per heavy atom. The Morgan fingerprint density at radius 2 is 1.36 bits per heavy atom. The maximum Gasteiger partial charge on any atom is 0.0617 e. The predicted octanol–water partition coefficient (Wildman–Crippen LogP) is 11.2. The molecule has 42 heavy (non-hydrogen) atoms. The van der Waals surface area contributed by atoms with Crippen molar-refractivity contribution in [3.8, 4) is 11.8 Å². The summed E-state index contributed by atoms with van der Waals surface area (Å²) in [6.07, 6.45) is 27.7. The molecule has 0 heterocycles. The number of ether oxygens (including phenoxy) is 1. The molecular formula is C41H52O. The van der Waals surface area contributed by atoms with Gasteiger partial charge in [-0.15, -0.1) is 0 Å². The number of benzene rings is 1. The fourth-order valence-corrected chi connectivity index (χ4v) is 5.07. The van der Waals surface area contributed by atoms with Crippen LogP contribution in [-0.2, 0) is 4.74 Å². The lowest BCUT2D eigenvalue weighted by atomic mass is 9.72. The Hall–Kier alpha value is -3.60. The average molecular weight is 561 g/mol. The van der Waals surface area contributed by atoms with Crippen LogP contribution in [0.5, 0.6) is 0 Å². The highest BCUT2D eigenvalue weighted by molar-refractivity contribution is 5.59. The van der Waals surface area contributed by atoms with Crippen molar-refractivity contribution < 1.29 is 4.74 Å². The highest BCUT2D eigenvalue weighted by Crippen LogP contribution is 2.40. The van der Waals surface area contributed by atoms with Crippen LogP contribution in [0, 0.1) is 38.0 Å². The van der Waals surface area contributed by atoms with E-state index in [1.165, 1.54) is 50.1 Å². The van der Waals surface area contributed by atoms with Crippen molar-refractivity contribution >= 4 is 6.08 Å². The van der Waals surface area contributed by atoms with Gasteiger partial charge in [0.25, 0.3) is 0 Å². The molecule has 2 rings (SSSR count). The highest BCUT2D eigenvalue weighted by atomic mass is 16.5. The van der Waals surface area contributed by atoms with E-state index in [-0.39, 0.29) is 5.41 Å². The zero-order valence-electron chi connectivity index (χ0n) is 28.0. The summed E-state index contributed by atoms with van der Waals surface area (Å²) in [5.74, 6) is 6.82. The third kappa shape index (κ3) is 11.3. The minimum Gasteiger partial charge on any atom is -0.381 e. The van der Waals surface area contributed by atoms with Crippen LogP contribution in [0.2, 0.25) is 0 Å². The summed E-state index contributed by atoms with van der Waals surface area (Å²) in [5, 5.41) is 0. The number of rotatable bonds is 9. The van der Waals surface area contributed by atoms with Crippen molar-refractivity contribution in [3.05, 3.63) is 135 Å². The Kier molecular flexibility index (Phi) is 13.8. The van der Waals surface area contributed by atoms with Gasteiger partial charge in [0.1, 0.15) is 0 Å². The van der Waals surface area contributed by atoms with Gasteiger partial charge in [0.2, 0.25) is 0 Å². The van der Waals surface area contributed by atoms with Crippen LogP contribution in [0.4, 0.5) is 0 Å². The molecule has 1 heteroatoms. The Balaban J connectivity index is 1.92. The zero-order chi connectivity index (χ0) is 31.3. The molecule has 0 fully saturated rings.